The summed E-state index contributed by atoms with van der Waals surface area (Å²) < 4.78 is 0. The van der Waals surface area contributed by atoms with Crippen LogP contribution in [0.5, 0.6) is 0 Å². The van der Waals surface area contributed by atoms with Crippen LogP contribution < -0.4 is 5.32 Å². The highest BCUT2D eigenvalue weighted by atomic mass is 33.1. The number of carbonyl (C=O) groups excluding carboxylic acids is 1. The van der Waals surface area contributed by atoms with Crippen LogP contribution >= 0.6 is 21.6 Å². The van der Waals surface area contributed by atoms with E-state index >= 15 is 0 Å². The highest BCUT2D eigenvalue weighted by molar-refractivity contribution is 8.76. The van der Waals surface area contributed by atoms with Gasteiger partial charge in [-0.05, 0) is 26.1 Å². The van der Waals surface area contributed by atoms with Crippen LogP contribution in [0.3, 0.4) is 0 Å². The number of carbonyl (C=O) groups is 1. The first-order valence-electron chi connectivity index (χ1n) is 5.79. The monoisotopic (exact) mass is 273 g/mol. The van der Waals surface area contributed by atoms with Crippen LogP contribution in [0.2, 0.25) is 0 Å². The summed E-state index contributed by atoms with van der Waals surface area (Å²) in [6.07, 6.45) is 0. The quantitative estimate of drug-likeness (QED) is 0.479. The summed E-state index contributed by atoms with van der Waals surface area (Å²) in [6.45, 7) is 6.60. The molecule has 0 atom stereocenters. The van der Waals surface area contributed by atoms with Crippen molar-refractivity contribution < 1.29 is 6.22 Å². The van der Waals surface area contributed by atoms with Crippen LogP contribution in [-0.2, 0) is 0 Å². The number of nitrogens with one attached hydrogen (secondary N) is 1. The molecule has 0 aliphatic carbocycles. The summed E-state index contributed by atoms with van der Waals surface area (Å²) in [7, 11) is 5.51. The lowest BCUT2D eigenvalue weighted by Crippen LogP contribution is -2.08. The summed E-state index contributed by atoms with van der Waals surface area (Å²) in [5.41, 5.74) is 0.777. The number of hydrogen-bond acceptors (Lipinski definition) is 4. The summed E-state index contributed by atoms with van der Waals surface area (Å²) in [4.78, 5) is 12.2. The fourth-order valence-electron chi connectivity index (χ4n) is 0.999. The van der Waals surface area contributed by atoms with Gasteiger partial charge >= 0.3 is 0 Å². The van der Waals surface area contributed by atoms with E-state index in [2.05, 4.69) is 5.32 Å². The van der Waals surface area contributed by atoms with Crippen LogP contribution in [0.25, 0.3) is 0 Å². The maximum atomic E-state index is 11.0. The van der Waals surface area contributed by atoms with Gasteiger partial charge in [0.2, 0.25) is 0 Å². The van der Waals surface area contributed by atoms with E-state index in [-0.39, 0.29) is 7.21 Å². The van der Waals surface area contributed by atoms with Gasteiger partial charge in [0.15, 0.2) is 5.78 Å². The molecular weight excluding hydrogens is 250 g/mol. The van der Waals surface area contributed by atoms with Gasteiger partial charge in [0.1, 0.15) is 0 Å². The third-order valence-electron chi connectivity index (χ3n) is 1.85. The molecule has 4 heteroatoms. The minimum Gasteiger partial charge on any atom is -0.319 e. The molecule has 0 aromatic heterocycles. The Balaban J connectivity index is 0. The lowest BCUT2D eigenvalue weighted by atomic mass is 10.2. The molecule has 1 aromatic rings. The maximum absolute atomic E-state index is 11.0. The first-order valence-corrected chi connectivity index (χ1v) is 8.11. The van der Waals surface area contributed by atoms with Crippen LogP contribution in [0.15, 0.2) is 29.2 Å². The molecule has 1 N–H and O–H groups in total. The minimum absolute atomic E-state index is 0. The first kappa shape index (κ1) is 16.6. The first-order chi connectivity index (χ1) is 8.24. The smallest absolute Gasteiger partial charge is 0.159 e. The fraction of sp³-hybridized carbons (Fsp3) is 0.462. The molecular formula is C13H23NOS2. The summed E-state index contributed by atoms with van der Waals surface area (Å²) in [5.74, 6) is 1.20. The number of ketones is 1. The largest absolute Gasteiger partial charge is 0.319 e. The van der Waals surface area contributed by atoms with E-state index in [1.807, 2.05) is 56.0 Å². The lowest BCUT2D eigenvalue weighted by Gasteiger charge is -2.01. The minimum atomic E-state index is 0. The van der Waals surface area contributed by atoms with Crippen LogP contribution in [0, 0.1) is 0 Å². The van der Waals surface area contributed by atoms with Crippen molar-refractivity contribution in [1.29, 1.82) is 0 Å². The topological polar surface area (TPSA) is 29.1 Å². The molecule has 98 valence electrons. The number of Topliss-reactive ketones (excluding diaryl/α,β-unsaturated/α-hetero) is 1. The molecule has 17 heavy (non-hydrogen) atoms. The van der Waals surface area contributed by atoms with Crippen molar-refractivity contribution in [3.05, 3.63) is 29.8 Å². The van der Waals surface area contributed by atoms with Gasteiger partial charge in [-0.1, -0.05) is 47.6 Å². The van der Waals surface area contributed by atoms with Crippen molar-refractivity contribution >= 4 is 27.4 Å². The van der Waals surface area contributed by atoms with Crippen molar-refractivity contribution in [2.24, 2.45) is 0 Å². The summed E-state index contributed by atoms with van der Waals surface area (Å²) in [6, 6.07) is 7.74. The number of hydrogen-bond donors (Lipinski definition) is 1. The van der Waals surface area contributed by atoms with Gasteiger partial charge in [-0.25, -0.2) is 0 Å². The molecule has 0 fully saturated rings. The Kier molecular flexibility index (Phi) is 10.4. The normalized spacial score (nSPS) is 9.41. The van der Waals surface area contributed by atoms with Crippen LogP contribution in [-0.4, -0.2) is 25.1 Å². The van der Waals surface area contributed by atoms with Crippen molar-refractivity contribution in [2.75, 3.05) is 19.3 Å². The summed E-state index contributed by atoms with van der Waals surface area (Å²) in [5, 5.41) is 3.10. The van der Waals surface area contributed by atoms with Crippen molar-refractivity contribution in [1.82, 2.24) is 5.32 Å². The third kappa shape index (κ3) is 7.47. The molecule has 0 aliphatic rings. The molecule has 0 amide bonds. The van der Waals surface area contributed by atoms with Gasteiger partial charge in [-0.2, -0.15) is 0 Å². The zero-order valence-electron chi connectivity index (χ0n) is 10.9. The zero-order valence-corrected chi connectivity index (χ0v) is 12.6. The predicted octanol–water partition coefficient (Wildman–Crippen LogP) is 4.12. The van der Waals surface area contributed by atoms with Crippen molar-refractivity contribution in [3.8, 4) is 0 Å². The third-order valence-corrected chi connectivity index (χ3v) is 4.24. The lowest BCUT2D eigenvalue weighted by molar-refractivity contribution is 0.101. The van der Waals surface area contributed by atoms with Gasteiger partial charge in [0, 0.05) is 24.2 Å². The van der Waals surface area contributed by atoms with Gasteiger partial charge < -0.3 is 5.32 Å². The Labute approximate surface area is 114 Å². The maximum Gasteiger partial charge on any atom is 0.159 e. The fourth-order valence-corrected chi connectivity index (χ4v) is 2.99. The second-order valence-corrected chi connectivity index (χ2v) is 5.58. The molecule has 0 aliphatic heterocycles. The Bertz CT molecular complexity index is 317. The zero-order chi connectivity index (χ0) is 13.1. The number of benzene rings is 1. The molecule has 0 spiro atoms. The Morgan fingerprint density at radius 3 is 2.35 bits per heavy atom. The summed E-state index contributed by atoms with van der Waals surface area (Å²) >= 11 is 0. The Morgan fingerprint density at radius 2 is 1.88 bits per heavy atom. The molecule has 1 rings (SSSR count). The molecule has 2 nitrogen and oxygen atoms in total. The van der Waals surface area contributed by atoms with Crippen molar-refractivity contribution in [3.63, 3.8) is 0 Å². The molecule has 1 aromatic carbocycles. The molecule has 0 saturated heterocycles. The molecule has 0 heterocycles. The SMILES string of the molecule is CC.CNCCSSc1ccc(C(C)=O)cc1.[HH]. The average Bonchev–Trinajstić information content (AvgIpc) is 2.38. The predicted molar refractivity (Wildman–Crippen MR) is 82.2 cm³/mol. The average molecular weight is 273 g/mol. The van der Waals surface area contributed by atoms with Gasteiger partial charge in [-0.3, -0.25) is 4.79 Å². The molecule has 0 saturated carbocycles. The highest BCUT2D eigenvalue weighted by Crippen LogP contribution is 2.30. The van der Waals surface area contributed by atoms with Gasteiger partial charge in [0.25, 0.3) is 0 Å². The van der Waals surface area contributed by atoms with E-state index in [9.17, 15) is 4.79 Å². The van der Waals surface area contributed by atoms with E-state index in [0.29, 0.717) is 0 Å². The highest BCUT2D eigenvalue weighted by Gasteiger charge is 1.99. The van der Waals surface area contributed by atoms with E-state index in [4.69, 9.17) is 0 Å². The van der Waals surface area contributed by atoms with E-state index < -0.39 is 0 Å². The second kappa shape index (κ2) is 10.7. The van der Waals surface area contributed by atoms with Crippen LogP contribution in [0.4, 0.5) is 0 Å². The van der Waals surface area contributed by atoms with E-state index in [1.165, 1.54) is 4.90 Å². The van der Waals surface area contributed by atoms with Crippen LogP contribution in [0.1, 0.15) is 32.6 Å². The van der Waals surface area contributed by atoms with E-state index in [0.717, 1.165) is 17.9 Å². The Morgan fingerprint density at radius 1 is 1.29 bits per heavy atom. The second-order valence-electron chi connectivity index (χ2n) is 3.09. The van der Waals surface area contributed by atoms with Crippen molar-refractivity contribution in [2.45, 2.75) is 25.7 Å². The van der Waals surface area contributed by atoms with Gasteiger partial charge in [0.05, 0.1) is 0 Å². The Hall–Kier alpha value is -0.450. The number of rotatable bonds is 6. The molecule has 0 bridgehead atoms. The standard InChI is InChI=1S/C11H15NOS2.C2H6.H2/c1-9(13)10-3-5-11(6-4-10)15-14-8-7-12-2;1-2;/h3-6,12H,7-8H2,1-2H3;1-2H3;1H. The molecule has 0 unspecified atom stereocenters. The van der Waals surface area contributed by atoms with E-state index in [1.54, 1.807) is 17.7 Å². The van der Waals surface area contributed by atoms with Gasteiger partial charge in [-0.15, -0.1) is 0 Å². The molecule has 0 radical (unpaired) electrons.